The van der Waals surface area contributed by atoms with E-state index in [0.29, 0.717) is 18.9 Å². The number of rotatable bonds is 8. The standard InChI is InChI=1S/C16H29NO3/c1-3-4-10-14(16(19)20)12(2)11-15(18)17-13-8-6-5-7-9-13/h12-14H,3-11H2,1-2H3,(H,17,18)(H,19,20)/t12-,14-/m1/s1. The van der Waals surface area contributed by atoms with Crippen molar-refractivity contribution in [3.8, 4) is 0 Å². The summed E-state index contributed by atoms with van der Waals surface area (Å²) < 4.78 is 0. The molecule has 0 heterocycles. The molecule has 1 amide bonds. The van der Waals surface area contributed by atoms with Gasteiger partial charge in [-0.1, -0.05) is 46.0 Å². The first-order valence-electron chi connectivity index (χ1n) is 8.06. The summed E-state index contributed by atoms with van der Waals surface area (Å²) in [5.74, 6) is -1.24. The molecule has 4 nitrogen and oxygen atoms in total. The zero-order valence-electron chi connectivity index (χ0n) is 12.9. The van der Waals surface area contributed by atoms with Crippen LogP contribution in [-0.4, -0.2) is 23.0 Å². The lowest BCUT2D eigenvalue weighted by molar-refractivity contribution is -0.144. The minimum absolute atomic E-state index is 0.0205. The third kappa shape index (κ3) is 5.93. The average Bonchev–Trinajstić information content (AvgIpc) is 2.39. The van der Waals surface area contributed by atoms with Crippen LogP contribution in [0.4, 0.5) is 0 Å². The fourth-order valence-corrected chi connectivity index (χ4v) is 3.04. The number of carboxylic acid groups (broad SMARTS) is 1. The molecular weight excluding hydrogens is 254 g/mol. The lowest BCUT2D eigenvalue weighted by atomic mass is 9.86. The first kappa shape index (κ1) is 17.0. The van der Waals surface area contributed by atoms with Gasteiger partial charge in [-0.15, -0.1) is 0 Å². The minimum Gasteiger partial charge on any atom is -0.481 e. The highest BCUT2D eigenvalue weighted by atomic mass is 16.4. The van der Waals surface area contributed by atoms with Gasteiger partial charge in [-0.3, -0.25) is 9.59 Å². The Morgan fingerprint density at radius 3 is 2.45 bits per heavy atom. The number of carbonyl (C=O) groups excluding carboxylic acids is 1. The highest BCUT2D eigenvalue weighted by Gasteiger charge is 2.26. The summed E-state index contributed by atoms with van der Waals surface area (Å²) in [7, 11) is 0. The summed E-state index contributed by atoms with van der Waals surface area (Å²) in [4.78, 5) is 23.3. The molecule has 1 saturated carbocycles. The second-order valence-electron chi connectivity index (χ2n) is 6.17. The molecule has 0 aromatic carbocycles. The number of hydrogen-bond acceptors (Lipinski definition) is 2. The Morgan fingerprint density at radius 2 is 1.90 bits per heavy atom. The fraction of sp³-hybridized carbons (Fsp3) is 0.875. The predicted octanol–water partition coefficient (Wildman–Crippen LogP) is 3.35. The summed E-state index contributed by atoms with van der Waals surface area (Å²) in [6, 6.07) is 0.308. The second kappa shape index (κ2) is 8.98. The maximum Gasteiger partial charge on any atom is 0.306 e. The number of carboxylic acids is 1. The van der Waals surface area contributed by atoms with Crippen LogP contribution in [0.1, 0.15) is 71.6 Å². The van der Waals surface area contributed by atoms with Crippen LogP contribution in [0, 0.1) is 11.8 Å². The van der Waals surface area contributed by atoms with Crippen LogP contribution in [0.2, 0.25) is 0 Å². The van der Waals surface area contributed by atoms with E-state index in [1.54, 1.807) is 0 Å². The summed E-state index contributed by atoms with van der Waals surface area (Å²) in [6.45, 7) is 3.94. The van der Waals surface area contributed by atoms with Gasteiger partial charge in [0.25, 0.3) is 0 Å². The number of aliphatic carboxylic acids is 1. The van der Waals surface area contributed by atoms with Crippen molar-refractivity contribution in [3.05, 3.63) is 0 Å². The van der Waals surface area contributed by atoms with Crippen LogP contribution in [0.3, 0.4) is 0 Å². The van der Waals surface area contributed by atoms with Crippen molar-refractivity contribution in [2.75, 3.05) is 0 Å². The van der Waals surface area contributed by atoms with Crippen LogP contribution in [0.5, 0.6) is 0 Å². The van der Waals surface area contributed by atoms with E-state index in [-0.39, 0.29) is 11.8 Å². The van der Waals surface area contributed by atoms with Gasteiger partial charge in [0.2, 0.25) is 5.91 Å². The topological polar surface area (TPSA) is 66.4 Å². The van der Waals surface area contributed by atoms with Gasteiger partial charge >= 0.3 is 5.97 Å². The molecule has 2 N–H and O–H groups in total. The molecule has 0 radical (unpaired) electrons. The number of amides is 1. The number of unbranched alkanes of at least 4 members (excludes halogenated alkanes) is 1. The quantitative estimate of drug-likeness (QED) is 0.718. The van der Waals surface area contributed by atoms with Crippen molar-refractivity contribution >= 4 is 11.9 Å². The van der Waals surface area contributed by atoms with Crippen LogP contribution >= 0.6 is 0 Å². The van der Waals surface area contributed by atoms with Gasteiger partial charge in [0.15, 0.2) is 0 Å². The third-order valence-corrected chi connectivity index (χ3v) is 4.35. The first-order valence-corrected chi connectivity index (χ1v) is 8.06. The van der Waals surface area contributed by atoms with E-state index in [2.05, 4.69) is 12.2 Å². The molecule has 1 aliphatic rings. The average molecular weight is 283 g/mol. The monoisotopic (exact) mass is 283 g/mol. The van der Waals surface area contributed by atoms with E-state index in [9.17, 15) is 14.7 Å². The highest BCUT2D eigenvalue weighted by Crippen LogP contribution is 2.23. The lowest BCUT2D eigenvalue weighted by Crippen LogP contribution is -2.38. The summed E-state index contributed by atoms with van der Waals surface area (Å²) >= 11 is 0. The molecule has 116 valence electrons. The van der Waals surface area contributed by atoms with Crippen LogP contribution in [0.25, 0.3) is 0 Å². The Bertz CT molecular complexity index is 311. The van der Waals surface area contributed by atoms with Crippen molar-refractivity contribution in [3.63, 3.8) is 0 Å². The molecule has 0 aliphatic heterocycles. The summed E-state index contributed by atoms with van der Waals surface area (Å²) in [6.07, 6.45) is 8.68. The highest BCUT2D eigenvalue weighted by molar-refractivity contribution is 5.78. The molecule has 0 bridgehead atoms. The maximum atomic E-state index is 12.0. The van der Waals surface area contributed by atoms with Gasteiger partial charge in [-0.05, 0) is 25.2 Å². The summed E-state index contributed by atoms with van der Waals surface area (Å²) in [5, 5.41) is 12.3. The van der Waals surface area contributed by atoms with Gasteiger partial charge in [0.1, 0.15) is 0 Å². The zero-order chi connectivity index (χ0) is 15.0. The predicted molar refractivity (Wildman–Crippen MR) is 79.4 cm³/mol. The van der Waals surface area contributed by atoms with E-state index in [1.807, 2.05) is 6.92 Å². The Labute approximate surface area is 122 Å². The molecule has 1 rings (SSSR count). The van der Waals surface area contributed by atoms with E-state index in [4.69, 9.17) is 0 Å². The van der Waals surface area contributed by atoms with Gasteiger partial charge in [0, 0.05) is 12.5 Å². The Balaban J connectivity index is 2.39. The van der Waals surface area contributed by atoms with E-state index < -0.39 is 11.9 Å². The molecule has 0 saturated heterocycles. The van der Waals surface area contributed by atoms with Crippen molar-refractivity contribution in [1.29, 1.82) is 0 Å². The molecule has 1 aliphatic carbocycles. The fourth-order valence-electron chi connectivity index (χ4n) is 3.04. The molecule has 4 heteroatoms. The Morgan fingerprint density at radius 1 is 1.25 bits per heavy atom. The normalized spacial score (nSPS) is 19.3. The van der Waals surface area contributed by atoms with Crippen LogP contribution in [-0.2, 0) is 9.59 Å². The molecule has 0 aromatic heterocycles. The Hall–Kier alpha value is -1.06. The van der Waals surface area contributed by atoms with E-state index >= 15 is 0 Å². The molecule has 0 aromatic rings. The van der Waals surface area contributed by atoms with Gasteiger partial charge in [-0.25, -0.2) is 0 Å². The molecule has 2 atom stereocenters. The zero-order valence-corrected chi connectivity index (χ0v) is 12.9. The Kier molecular flexibility index (Phi) is 7.63. The van der Waals surface area contributed by atoms with E-state index in [0.717, 1.165) is 25.7 Å². The van der Waals surface area contributed by atoms with Crippen molar-refractivity contribution < 1.29 is 14.7 Å². The molecule has 0 spiro atoms. The SMILES string of the molecule is CCCC[C@@H](C(=O)O)[C@H](C)CC(=O)NC1CCCCC1. The van der Waals surface area contributed by atoms with Crippen LogP contribution < -0.4 is 5.32 Å². The number of carbonyl (C=O) groups is 2. The number of hydrogen-bond donors (Lipinski definition) is 2. The van der Waals surface area contributed by atoms with Crippen LogP contribution in [0.15, 0.2) is 0 Å². The minimum atomic E-state index is -0.767. The van der Waals surface area contributed by atoms with Crippen molar-refractivity contribution in [2.45, 2.75) is 77.7 Å². The van der Waals surface area contributed by atoms with Crippen molar-refractivity contribution in [2.24, 2.45) is 11.8 Å². The second-order valence-corrected chi connectivity index (χ2v) is 6.17. The van der Waals surface area contributed by atoms with Gasteiger partial charge in [0.05, 0.1) is 5.92 Å². The largest absolute Gasteiger partial charge is 0.481 e. The number of nitrogens with one attached hydrogen (secondary N) is 1. The van der Waals surface area contributed by atoms with Gasteiger partial charge < -0.3 is 10.4 Å². The maximum absolute atomic E-state index is 12.0. The van der Waals surface area contributed by atoms with Gasteiger partial charge in [-0.2, -0.15) is 0 Å². The molecule has 1 fully saturated rings. The molecule has 0 unspecified atom stereocenters. The molecule has 20 heavy (non-hydrogen) atoms. The third-order valence-electron chi connectivity index (χ3n) is 4.35. The van der Waals surface area contributed by atoms with E-state index in [1.165, 1.54) is 19.3 Å². The lowest BCUT2D eigenvalue weighted by Gasteiger charge is -2.25. The first-order chi connectivity index (χ1) is 9.54. The van der Waals surface area contributed by atoms with Crippen molar-refractivity contribution in [1.82, 2.24) is 5.32 Å². The smallest absolute Gasteiger partial charge is 0.306 e. The molecular formula is C16H29NO3. The summed E-state index contributed by atoms with van der Waals surface area (Å²) in [5.41, 5.74) is 0.